The summed E-state index contributed by atoms with van der Waals surface area (Å²) in [7, 11) is 0. The van der Waals surface area contributed by atoms with Gasteiger partial charge in [0.2, 0.25) is 11.8 Å². The summed E-state index contributed by atoms with van der Waals surface area (Å²) in [5.41, 5.74) is 1.98. The minimum absolute atomic E-state index is 0.0356. The molecule has 2 heterocycles. The highest BCUT2D eigenvalue weighted by Gasteiger charge is 2.42. The van der Waals surface area contributed by atoms with E-state index in [1.54, 1.807) is 11.8 Å². The van der Waals surface area contributed by atoms with E-state index >= 15 is 0 Å². The number of thioether (sulfide) groups is 2. The zero-order valence-corrected chi connectivity index (χ0v) is 15.3. The molecule has 0 aromatic heterocycles. The van der Waals surface area contributed by atoms with E-state index in [4.69, 9.17) is 0 Å². The van der Waals surface area contributed by atoms with E-state index in [0.29, 0.717) is 12.3 Å². The fraction of sp³-hybridized carbons (Fsp3) is 0.412. The zero-order chi connectivity index (χ0) is 17.1. The summed E-state index contributed by atoms with van der Waals surface area (Å²) >= 11 is 3.11. The molecule has 1 fully saturated rings. The minimum Gasteiger partial charge on any atom is -0.351 e. The Balaban J connectivity index is 1.44. The van der Waals surface area contributed by atoms with Gasteiger partial charge in [0.15, 0.2) is 0 Å². The Morgan fingerprint density at radius 2 is 2.04 bits per heavy atom. The van der Waals surface area contributed by atoms with E-state index in [1.807, 2.05) is 44.2 Å². The van der Waals surface area contributed by atoms with Crippen molar-refractivity contribution in [2.24, 2.45) is 5.92 Å². The summed E-state index contributed by atoms with van der Waals surface area (Å²) < 4.78 is 0. The monoisotopic (exact) mass is 363 g/mol. The number of hydrogen-bond acceptors (Lipinski definition) is 5. The first-order valence-corrected chi connectivity index (χ1v) is 9.80. The number of carbonyl (C=O) groups excluding carboxylic acids is 2. The first kappa shape index (κ1) is 17.4. The molecular formula is C17H21N3O2S2. The van der Waals surface area contributed by atoms with Crippen LogP contribution in [0.1, 0.15) is 19.4 Å². The van der Waals surface area contributed by atoms with Crippen molar-refractivity contribution >= 4 is 35.3 Å². The molecule has 24 heavy (non-hydrogen) atoms. The molecule has 0 saturated carbocycles. The second-order valence-corrected chi connectivity index (χ2v) is 8.33. The molecule has 0 radical (unpaired) electrons. The van der Waals surface area contributed by atoms with Crippen molar-refractivity contribution in [3.8, 4) is 0 Å². The Kier molecular flexibility index (Phi) is 5.53. The lowest BCUT2D eigenvalue weighted by Gasteiger charge is -2.33. The Bertz CT molecular complexity index is 663. The van der Waals surface area contributed by atoms with E-state index in [0.717, 1.165) is 11.1 Å². The largest absolute Gasteiger partial charge is 0.351 e. The number of hydrogen-bond donors (Lipinski definition) is 3. The molecule has 2 aliphatic rings. The molecule has 1 aromatic carbocycles. The van der Waals surface area contributed by atoms with Crippen LogP contribution in [0.4, 0.5) is 0 Å². The van der Waals surface area contributed by atoms with E-state index in [2.05, 4.69) is 16.0 Å². The van der Waals surface area contributed by atoms with Gasteiger partial charge in [0.1, 0.15) is 5.50 Å². The zero-order valence-electron chi connectivity index (χ0n) is 13.7. The predicted molar refractivity (Wildman–Crippen MR) is 99.1 cm³/mol. The maximum absolute atomic E-state index is 12.3. The van der Waals surface area contributed by atoms with Gasteiger partial charge >= 0.3 is 0 Å². The molecule has 1 aromatic rings. The summed E-state index contributed by atoms with van der Waals surface area (Å²) in [6.07, 6.45) is 0. The summed E-state index contributed by atoms with van der Waals surface area (Å²) in [5, 5.41) is 9.33. The number of carbonyl (C=O) groups is 2. The predicted octanol–water partition coefficient (Wildman–Crippen LogP) is 2.02. The number of amides is 2. The van der Waals surface area contributed by atoms with Crippen LogP contribution >= 0.6 is 23.5 Å². The summed E-state index contributed by atoms with van der Waals surface area (Å²) in [4.78, 5) is 25.5. The van der Waals surface area contributed by atoms with Gasteiger partial charge in [-0.1, -0.05) is 30.3 Å². The number of benzene rings is 1. The maximum atomic E-state index is 12.3. The van der Waals surface area contributed by atoms with Crippen molar-refractivity contribution in [3.63, 3.8) is 0 Å². The highest BCUT2D eigenvalue weighted by Crippen LogP contribution is 2.42. The number of fused-ring (bicyclic) bond motifs is 1. The molecule has 7 heteroatoms. The molecule has 3 rings (SSSR count). The van der Waals surface area contributed by atoms with Gasteiger partial charge in [0.05, 0.1) is 17.0 Å². The van der Waals surface area contributed by atoms with Gasteiger partial charge in [0, 0.05) is 6.54 Å². The van der Waals surface area contributed by atoms with E-state index < -0.39 is 0 Å². The fourth-order valence-electron chi connectivity index (χ4n) is 2.77. The highest BCUT2D eigenvalue weighted by atomic mass is 32.2. The van der Waals surface area contributed by atoms with Crippen molar-refractivity contribution in [1.82, 2.24) is 16.0 Å². The van der Waals surface area contributed by atoms with Gasteiger partial charge in [-0.25, -0.2) is 0 Å². The van der Waals surface area contributed by atoms with Gasteiger partial charge in [-0.15, -0.1) is 23.5 Å². The molecule has 2 aliphatic heterocycles. The lowest BCUT2D eigenvalue weighted by Crippen LogP contribution is -2.58. The van der Waals surface area contributed by atoms with Crippen LogP contribution in [0.15, 0.2) is 40.8 Å². The van der Waals surface area contributed by atoms with Gasteiger partial charge in [-0.2, -0.15) is 0 Å². The first-order valence-electron chi connectivity index (χ1n) is 7.87. The van der Waals surface area contributed by atoms with Crippen molar-refractivity contribution in [1.29, 1.82) is 0 Å². The van der Waals surface area contributed by atoms with Crippen LogP contribution < -0.4 is 16.0 Å². The van der Waals surface area contributed by atoms with Crippen LogP contribution in [0.3, 0.4) is 0 Å². The smallest absolute Gasteiger partial charge is 0.231 e. The molecule has 5 nitrogen and oxygen atoms in total. The minimum atomic E-state index is -0.229. The molecule has 3 atom stereocenters. The third-order valence-electron chi connectivity index (χ3n) is 4.21. The van der Waals surface area contributed by atoms with Crippen molar-refractivity contribution < 1.29 is 9.59 Å². The SMILES string of the molecule is CC1=C(C)C2C(=O)NC(SCC(=O)NCc3ccccc3)NC2S1. The van der Waals surface area contributed by atoms with Crippen LogP contribution in [-0.4, -0.2) is 28.4 Å². The third kappa shape index (κ3) is 3.96. The third-order valence-corrected chi connectivity index (χ3v) is 6.57. The molecule has 2 amide bonds. The molecule has 1 saturated heterocycles. The second-order valence-electron chi connectivity index (χ2n) is 5.88. The number of nitrogens with one attached hydrogen (secondary N) is 3. The Hall–Kier alpha value is -1.44. The molecule has 0 bridgehead atoms. The fourth-order valence-corrected chi connectivity index (χ4v) is 5.08. The van der Waals surface area contributed by atoms with Crippen molar-refractivity contribution in [2.75, 3.05) is 5.75 Å². The van der Waals surface area contributed by atoms with Crippen molar-refractivity contribution in [2.45, 2.75) is 31.3 Å². The second kappa shape index (κ2) is 7.63. The summed E-state index contributed by atoms with van der Waals surface area (Å²) in [6.45, 7) is 4.58. The molecule has 0 aliphatic carbocycles. The van der Waals surface area contributed by atoms with Crippen LogP contribution in [0.5, 0.6) is 0 Å². The van der Waals surface area contributed by atoms with E-state index in [9.17, 15) is 9.59 Å². The van der Waals surface area contributed by atoms with Crippen LogP contribution in [0.2, 0.25) is 0 Å². The average Bonchev–Trinajstić information content (AvgIpc) is 2.86. The number of allylic oxidation sites excluding steroid dienone is 1. The Morgan fingerprint density at radius 3 is 2.79 bits per heavy atom. The van der Waals surface area contributed by atoms with Gasteiger partial charge < -0.3 is 10.6 Å². The lowest BCUT2D eigenvalue weighted by atomic mass is 9.98. The Morgan fingerprint density at radius 1 is 1.29 bits per heavy atom. The molecule has 0 spiro atoms. The quantitative estimate of drug-likeness (QED) is 0.747. The normalized spacial score (nSPS) is 26.1. The summed E-state index contributed by atoms with van der Waals surface area (Å²) in [5.74, 6) is 0.214. The Labute approximate surface area is 150 Å². The van der Waals surface area contributed by atoms with E-state index in [1.165, 1.54) is 16.7 Å². The average molecular weight is 364 g/mol. The summed E-state index contributed by atoms with van der Waals surface area (Å²) in [6, 6.07) is 9.80. The standard InChI is InChI=1S/C17H21N3O2S2/c1-10-11(2)24-16-14(10)15(22)19-17(20-16)23-9-13(21)18-8-12-6-4-3-5-7-12/h3-7,14,16-17,20H,8-9H2,1-2H3,(H,18,21)(H,19,22). The molecule has 128 valence electrons. The van der Waals surface area contributed by atoms with Crippen LogP contribution in [-0.2, 0) is 16.1 Å². The van der Waals surface area contributed by atoms with Crippen molar-refractivity contribution in [3.05, 3.63) is 46.4 Å². The topological polar surface area (TPSA) is 70.2 Å². The van der Waals surface area contributed by atoms with Crippen LogP contribution in [0.25, 0.3) is 0 Å². The van der Waals surface area contributed by atoms with Gasteiger partial charge in [0.25, 0.3) is 0 Å². The maximum Gasteiger partial charge on any atom is 0.231 e. The van der Waals surface area contributed by atoms with Gasteiger partial charge in [-0.05, 0) is 29.9 Å². The number of rotatable bonds is 5. The first-order chi connectivity index (χ1) is 11.5. The molecule has 3 unspecified atom stereocenters. The lowest BCUT2D eigenvalue weighted by molar-refractivity contribution is -0.126. The highest BCUT2D eigenvalue weighted by molar-refractivity contribution is 8.04. The molecule has 3 N–H and O–H groups in total. The van der Waals surface area contributed by atoms with E-state index in [-0.39, 0.29) is 28.6 Å². The molecular weight excluding hydrogens is 342 g/mol. The van der Waals surface area contributed by atoms with Gasteiger partial charge in [-0.3, -0.25) is 14.9 Å². The van der Waals surface area contributed by atoms with Crippen LogP contribution in [0, 0.1) is 5.92 Å².